The quantitative estimate of drug-likeness (QED) is 0.916. The number of hydrogen-bond acceptors (Lipinski definition) is 2. The Morgan fingerprint density at radius 2 is 2.16 bits per heavy atom. The van der Waals surface area contributed by atoms with E-state index in [1.165, 1.54) is 6.07 Å². The van der Waals surface area contributed by atoms with Crippen LogP contribution in [0.15, 0.2) is 18.2 Å². The molecule has 0 spiro atoms. The highest BCUT2D eigenvalue weighted by Gasteiger charge is 2.28. The van der Waals surface area contributed by atoms with Gasteiger partial charge in [0.1, 0.15) is 5.82 Å². The molecule has 1 aromatic carbocycles. The van der Waals surface area contributed by atoms with E-state index in [0.717, 1.165) is 44.3 Å². The zero-order valence-corrected chi connectivity index (χ0v) is 12.2. The van der Waals surface area contributed by atoms with Gasteiger partial charge in [-0.25, -0.2) is 4.39 Å². The van der Waals surface area contributed by atoms with E-state index in [9.17, 15) is 4.39 Å². The van der Waals surface area contributed by atoms with Gasteiger partial charge in [0.05, 0.1) is 6.04 Å². The highest BCUT2D eigenvalue weighted by atomic mass is 35.5. The van der Waals surface area contributed by atoms with Crippen LogP contribution in [-0.2, 0) is 0 Å². The SMILES string of the molecule is CCCN1CCCCC(N)C1c1cc(F)cc(Cl)c1. The summed E-state index contributed by atoms with van der Waals surface area (Å²) in [4.78, 5) is 2.38. The first-order valence-corrected chi connectivity index (χ1v) is 7.45. The molecule has 0 bridgehead atoms. The minimum atomic E-state index is -0.282. The van der Waals surface area contributed by atoms with Gasteiger partial charge in [-0.05, 0) is 56.1 Å². The van der Waals surface area contributed by atoms with Crippen molar-refractivity contribution in [2.75, 3.05) is 13.1 Å². The molecule has 0 aliphatic carbocycles. The van der Waals surface area contributed by atoms with Crippen molar-refractivity contribution in [3.63, 3.8) is 0 Å². The van der Waals surface area contributed by atoms with Crippen LogP contribution in [0.4, 0.5) is 4.39 Å². The summed E-state index contributed by atoms with van der Waals surface area (Å²) in [5.74, 6) is -0.282. The first-order valence-electron chi connectivity index (χ1n) is 7.07. The van der Waals surface area contributed by atoms with Gasteiger partial charge in [0.25, 0.3) is 0 Å². The Kier molecular flexibility index (Phi) is 5.20. The Bertz CT molecular complexity index is 404. The molecular formula is C15H22ClFN2. The smallest absolute Gasteiger partial charge is 0.125 e. The first kappa shape index (κ1) is 14.8. The van der Waals surface area contributed by atoms with Crippen LogP contribution in [0.5, 0.6) is 0 Å². The fourth-order valence-corrected chi connectivity index (χ4v) is 3.23. The monoisotopic (exact) mass is 284 g/mol. The second-order valence-electron chi connectivity index (χ2n) is 5.34. The fraction of sp³-hybridized carbons (Fsp3) is 0.600. The maximum Gasteiger partial charge on any atom is 0.125 e. The molecule has 0 radical (unpaired) electrons. The van der Waals surface area contributed by atoms with E-state index in [4.69, 9.17) is 17.3 Å². The van der Waals surface area contributed by atoms with E-state index in [2.05, 4.69) is 11.8 Å². The maximum absolute atomic E-state index is 13.6. The second-order valence-corrected chi connectivity index (χ2v) is 5.78. The summed E-state index contributed by atoms with van der Waals surface area (Å²) >= 11 is 5.98. The third kappa shape index (κ3) is 3.68. The highest BCUT2D eigenvalue weighted by Crippen LogP contribution is 2.31. The van der Waals surface area contributed by atoms with Crippen LogP contribution in [0.1, 0.15) is 44.2 Å². The van der Waals surface area contributed by atoms with Crippen molar-refractivity contribution in [3.8, 4) is 0 Å². The molecule has 1 saturated heterocycles. The normalized spacial score (nSPS) is 25.3. The van der Waals surface area contributed by atoms with Crippen molar-refractivity contribution in [1.82, 2.24) is 4.90 Å². The summed E-state index contributed by atoms with van der Waals surface area (Å²) in [6.07, 6.45) is 4.36. The average molecular weight is 285 g/mol. The lowest BCUT2D eigenvalue weighted by Gasteiger charge is -2.33. The van der Waals surface area contributed by atoms with E-state index in [1.807, 2.05) is 6.07 Å². The summed E-state index contributed by atoms with van der Waals surface area (Å²) < 4.78 is 13.6. The van der Waals surface area contributed by atoms with E-state index in [1.54, 1.807) is 6.07 Å². The Labute approximate surface area is 119 Å². The molecule has 0 aromatic heterocycles. The topological polar surface area (TPSA) is 29.3 Å². The highest BCUT2D eigenvalue weighted by molar-refractivity contribution is 6.30. The Hall–Kier alpha value is -0.640. The van der Waals surface area contributed by atoms with Crippen molar-refractivity contribution in [3.05, 3.63) is 34.6 Å². The molecule has 2 unspecified atom stereocenters. The standard InChI is InChI=1S/C15H22ClFN2/c1-2-6-19-7-4-3-5-14(18)15(19)11-8-12(16)10-13(17)9-11/h8-10,14-15H,2-7,18H2,1H3. The summed E-state index contributed by atoms with van der Waals surface area (Å²) in [5, 5.41) is 0.447. The molecule has 2 nitrogen and oxygen atoms in total. The predicted molar refractivity (Wildman–Crippen MR) is 77.8 cm³/mol. The maximum atomic E-state index is 13.6. The number of halogens is 2. The number of nitrogens with two attached hydrogens (primary N) is 1. The van der Waals surface area contributed by atoms with Crippen molar-refractivity contribution >= 4 is 11.6 Å². The molecule has 2 N–H and O–H groups in total. The molecule has 1 heterocycles. The van der Waals surface area contributed by atoms with Crippen LogP contribution in [0.2, 0.25) is 5.02 Å². The van der Waals surface area contributed by atoms with Gasteiger partial charge in [0, 0.05) is 11.1 Å². The number of hydrogen-bond donors (Lipinski definition) is 1. The lowest BCUT2D eigenvalue weighted by molar-refractivity contribution is 0.185. The van der Waals surface area contributed by atoms with Gasteiger partial charge >= 0.3 is 0 Å². The van der Waals surface area contributed by atoms with Crippen LogP contribution >= 0.6 is 11.6 Å². The Balaban J connectivity index is 2.33. The lowest BCUT2D eigenvalue weighted by atomic mass is 9.96. The molecule has 0 saturated carbocycles. The van der Waals surface area contributed by atoms with Gasteiger partial charge in [0.15, 0.2) is 0 Å². The van der Waals surface area contributed by atoms with Gasteiger partial charge < -0.3 is 5.73 Å². The predicted octanol–water partition coefficient (Wildman–Crippen LogP) is 3.74. The lowest BCUT2D eigenvalue weighted by Crippen LogP contribution is -2.40. The van der Waals surface area contributed by atoms with Gasteiger partial charge in [0.2, 0.25) is 0 Å². The van der Waals surface area contributed by atoms with Crippen molar-refractivity contribution in [2.45, 2.75) is 44.7 Å². The second kappa shape index (κ2) is 6.69. The molecule has 19 heavy (non-hydrogen) atoms. The molecular weight excluding hydrogens is 263 g/mol. The summed E-state index contributed by atoms with van der Waals surface area (Å²) in [5.41, 5.74) is 7.23. The van der Waals surface area contributed by atoms with Gasteiger partial charge in [-0.1, -0.05) is 24.9 Å². The summed E-state index contributed by atoms with van der Waals surface area (Å²) in [6.45, 7) is 4.18. The molecule has 1 aliphatic heterocycles. The van der Waals surface area contributed by atoms with Crippen molar-refractivity contribution in [1.29, 1.82) is 0 Å². The van der Waals surface area contributed by atoms with E-state index < -0.39 is 0 Å². The molecule has 4 heteroatoms. The summed E-state index contributed by atoms with van der Waals surface area (Å²) in [6, 6.07) is 4.90. The van der Waals surface area contributed by atoms with Crippen molar-refractivity contribution in [2.24, 2.45) is 5.73 Å². The Morgan fingerprint density at radius 1 is 1.37 bits per heavy atom. The number of rotatable bonds is 3. The van der Waals surface area contributed by atoms with Gasteiger partial charge in [-0.3, -0.25) is 4.90 Å². The molecule has 2 atom stereocenters. The van der Waals surface area contributed by atoms with Crippen molar-refractivity contribution < 1.29 is 4.39 Å². The Morgan fingerprint density at radius 3 is 2.84 bits per heavy atom. The first-order chi connectivity index (χ1) is 9.11. The number of likely N-dealkylation sites (tertiary alicyclic amines) is 1. The zero-order valence-electron chi connectivity index (χ0n) is 11.4. The van der Waals surface area contributed by atoms with E-state index >= 15 is 0 Å². The van der Waals surface area contributed by atoms with Gasteiger partial charge in [-0.2, -0.15) is 0 Å². The van der Waals surface area contributed by atoms with Gasteiger partial charge in [-0.15, -0.1) is 0 Å². The molecule has 1 fully saturated rings. The molecule has 106 valence electrons. The van der Waals surface area contributed by atoms with Crippen LogP contribution < -0.4 is 5.73 Å². The van der Waals surface area contributed by atoms with Crippen LogP contribution in [-0.4, -0.2) is 24.0 Å². The third-order valence-corrected chi connectivity index (χ3v) is 3.99. The average Bonchev–Trinajstić information content (AvgIpc) is 2.50. The summed E-state index contributed by atoms with van der Waals surface area (Å²) in [7, 11) is 0. The minimum Gasteiger partial charge on any atom is -0.326 e. The minimum absolute atomic E-state index is 0.0481. The molecule has 1 aliphatic rings. The molecule has 1 aromatic rings. The van der Waals surface area contributed by atoms with E-state index in [0.29, 0.717) is 5.02 Å². The zero-order chi connectivity index (χ0) is 13.8. The third-order valence-electron chi connectivity index (χ3n) is 3.77. The molecule has 2 rings (SSSR count). The van der Waals surface area contributed by atoms with Crippen LogP contribution in [0.3, 0.4) is 0 Å². The fourth-order valence-electron chi connectivity index (χ4n) is 3.00. The number of nitrogens with zero attached hydrogens (tertiary/aromatic N) is 1. The molecule has 0 amide bonds. The van der Waals surface area contributed by atoms with E-state index in [-0.39, 0.29) is 17.9 Å². The largest absolute Gasteiger partial charge is 0.326 e. The number of benzene rings is 1. The van der Waals surface area contributed by atoms with Crippen LogP contribution in [0, 0.1) is 5.82 Å². The van der Waals surface area contributed by atoms with Crippen LogP contribution in [0.25, 0.3) is 0 Å².